The van der Waals surface area contributed by atoms with Gasteiger partial charge in [0.1, 0.15) is 5.82 Å². The van der Waals surface area contributed by atoms with Crippen molar-refractivity contribution in [2.24, 2.45) is 5.73 Å². The molecule has 1 aromatic heterocycles. The lowest BCUT2D eigenvalue weighted by Crippen LogP contribution is -2.31. The highest BCUT2D eigenvalue weighted by Gasteiger charge is 2.16. The van der Waals surface area contributed by atoms with Gasteiger partial charge in [-0.25, -0.2) is 4.39 Å². The minimum atomic E-state index is -0.227. The number of halogens is 1. The Balaban J connectivity index is 2.19. The molecule has 1 unspecified atom stereocenters. The highest BCUT2D eigenvalue weighted by atomic mass is 32.1. The van der Waals surface area contributed by atoms with Gasteiger partial charge in [-0.1, -0.05) is 12.1 Å². The Kier molecular flexibility index (Phi) is 4.56. The Bertz CT molecular complexity index is 525. The molecule has 0 spiro atoms. The van der Waals surface area contributed by atoms with Gasteiger partial charge in [0, 0.05) is 42.2 Å². The van der Waals surface area contributed by atoms with Crippen LogP contribution in [0, 0.1) is 5.82 Å². The Labute approximate surface area is 117 Å². The molecule has 1 aromatic carbocycles. The van der Waals surface area contributed by atoms with Gasteiger partial charge >= 0.3 is 0 Å². The van der Waals surface area contributed by atoms with Crippen molar-refractivity contribution < 1.29 is 4.39 Å². The number of nitrogens with two attached hydrogens (primary N) is 1. The van der Waals surface area contributed by atoms with Crippen LogP contribution in [-0.4, -0.2) is 13.1 Å². The zero-order valence-electron chi connectivity index (χ0n) is 11.3. The molecule has 0 saturated carbocycles. The molecule has 0 aliphatic rings. The molecule has 0 aliphatic carbocycles. The van der Waals surface area contributed by atoms with E-state index in [2.05, 4.69) is 29.3 Å². The van der Waals surface area contributed by atoms with Crippen molar-refractivity contribution in [3.63, 3.8) is 0 Å². The molecule has 1 atom stereocenters. The summed E-state index contributed by atoms with van der Waals surface area (Å²) in [6, 6.07) is 9.61. The molecule has 102 valence electrons. The summed E-state index contributed by atoms with van der Waals surface area (Å²) < 4.78 is 13.7. The fourth-order valence-electron chi connectivity index (χ4n) is 2.17. The molecule has 1 heterocycles. The van der Waals surface area contributed by atoms with Crippen molar-refractivity contribution in [3.8, 4) is 0 Å². The van der Waals surface area contributed by atoms with Crippen molar-refractivity contribution in [2.75, 3.05) is 11.9 Å². The lowest BCUT2D eigenvalue weighted by Gasteiger charge is -2.28. The quantitative estimate of drug-likeness (QED) is 0.908. The SMILES string of the molecule is CC(Cc1cccs1)N(C)c1cccc(F)c1CN. The number of thiophene rings is 1. The van der Waals surface area contributed by atoms with Gasteiger partial charge < -0.3 is 10.6 Å². The first-order valence-corrected chi connectivity index (χ1v) is 7.24. The van der Waals surface area contributed by atoms with Crippen LogP contribution < -0.4 is 10.6 Å². The Hall–Kier alpha value is -1.39. The minimum absolute atomic E-state index is 0.220. The summed E-state index contributed by atoms with van der Waals surface area (Å²) in [6.45, 7) is 2.36. The number of anilines is 1. The molecule has 0 amide bonds. The first kappa shape index (κ1) is 14.0. The van der Waals surface area contributed by atoms with Crippen LogP contribution in [-0.2, 0) is 13.0 Å². The Morgan fingerprint density at radius 1 is 1.32 bits per heavy atom. The summed E-state index contributed by atoms with van der Waals surface area (Å²) in [4.78, 5) is 3.44. The van der Waals surface area contributed by atoms with Crippen LogP contribution in [0.1, 0.15) is 17.4 Å². The van der Waals surface area contributed by atoms with Crippen LogP contribution >= 0.6 is 11.3 Å². The third-order valence-corrected chi connectivity index (χ3v) is 4.31. The van der Waals surface area contributed by atoms with Crippen molar-refractivity contribution >= 4 is 17.0 Å². The summed E-state index contributed by atoms with van der Waals surface area (Å²) in [5.74, 6) is -0.227. The van der Waals surface area contributed by atoms with E-state index in [9.17, 15) is 4.39 Å². The fraction of sp³-hybridized carbons (Fsp3) is 0.333. The maximum absolute atomic E-state index is 13.7. The first-order valence-electron chi connectivity index (χ1n) is 6.36. The van der Waals surface area contributed by atoms with Crippen LogP contribution in [0.5, 0.6) is 0 Å². The average Bonchev–Trinajstić information content (AvgIpc) is 2.90. The van der Waals surface area contributed by atoms with Gasteiger partial charge in [-0.05, 0) is 30.5 Å². The molecule has 4 heteroatoms. The third-order valence-electron chi connectivity index (χ3n) is 3.42. The monoisotopic (exact) mass is 278 g/mol. The van der Waals surface area contributed by atoms with Gasteiger partial charge in [0.05, 0.1) is 0 Å². The second-order valence-corrected chi connectivity index (χ2v) is 5.72. The Morgan fingerprint density at radius 2 is 2.11 bits per heavy atom. The van der Waals surface area contributed by atoms with Crippen LogP contribution in [0.25, 0.3) is 0 Å². The van der Waals surface area contributed by atoms with E-state index < -0.39 is 0 Å². The van der Waals surface area contributed by atoms with Gasteiger partial charge in [-0.3, -0.25) is 0 Å². The van der Waals surface area contributed by atoms with Gasteiger partial charge in [0.2, 0.25) is 0 Å². The van der Waals surface area contributed by atoms with Crippen LogP contribution in [0.2, 0.25) is 0 Å². The number of benzene rings is 1. The fourth-order valence-corrected chi connectivity index (χ4v) is 3.00. The topological polar surface area (TPSA) is 29.3 Å². The molecular weight excluding hydrogens is 259 g/mol. The van der Waals surface area contributed by atoms with Gasteiger partial charge in [-0.2, -0.15) is 0 Å². The standard InChI is InChI=1S/C15H19FN2S/c1-11(9-12-5-4-8-19-12)18(2)15-7-3-6-14(16)13(15)10-17/h3-8,11H,9-10,17H2,1-2H3. The zero-order valence-corrected chi connectivity index (χ0v) is 12.1. The molecule has 0 saturated heterocycles. The normalized spacial score (nSPS) is 12.4. The molecular formula is C15H19FN2S. The second-order valence-electron chi connectivity index (χ2n) is 4.69. The number of rotatable bonds is 5. The predicted molar refractivity (Wildman–Crippen MR) is 80.2 cm³/mol. The molecule has 0 bridgehead atoms. The highest BCUT2D eigenvalue weighted by Crippen LogP contribution is 2.25. The lowest BCUT2D eigenvalue weighted by molar-refractivity contribution is 0.605. The number of hydrogen-bond donors (Lipinski definition) is 1. The molecule has 0 radical (unpaired) electrons. The predicted octanol–water partition coefficient (Wildman–Crippen LogP) is 3.41. The number of nitrogens with zero attached hydrogens (tertiary/aromatic N) is 1. The van der Waals surface area contributed by atoms with E-state index in [-0.39, 0.29) is 12.4 Å². The van der Waals surface area contributed by atoms with E-state index in [0.29, 0.717) is 11.6 Å². The molecule has 0 fully saturated rings. The average molecular weight is 278 g/mol. The molecule has 2 nitrogen and oxygen atoms in total. The molecule has 19 heavy (non-hydrogen) atoms. The summed E-state index contributed by atoms with van der Waals surface area (Å²) in [5, 5.41) is 2.08. The Morgan fingerprint density at radius 3 is 2.74 bits per heavy atom. The van der Waals surface area contributed by atoms with Crippen molar-refractivity contribution in [3.05, 3.63) is 52.0 Å². The van der Waals surface area contributed by atoms with Crippen LogP contribution in [0.15, 0.2) is 35.7 Å². The zero-order chi connectivity index (χ0) is 13.8. The summed E-state index contributed by atoms with van der Waals surface area (Å²) >= 11 is 1.75. The number of likely N-dealkylation sites (N-methyl/N-ethyl adjacent to an activating group) is 1. The van der Waals surface area contributed by atoms with E-state index in [1.54, 1.807) is 17.4 Å². The van der Waals surface area contributed by atoms with Gasteiger partial charge in [0.15, 0.2) is 0 Å². The molecule has 2 aromatic rings. The van der Waals surface area contributed by atoms with E-state index in [0.717, 1.165) is 12.1 Å². The van der Waals surface area contributed by atoms with E-state index in [4.69, 9.17) is 5.73 Å². The van der Waals surface area contributed by atoms with Crippen LogP contribution in [0.3, 0.4) is 0 Å². The van der Waals surface area contributed by atoms with Crippen molar-refractivity contribution in [1.82, 2.24) is 0 Å². The van der Waals surface area contributed by atoms with Crippen LogP contribution in [0.4, 0.5) is 10.1 Å². The number of hydrogen-bond acceptors (Lipinski definition) is 3. The second kappa shape index (κ2) is 6.17. The molecule has 2 rings (SSSR count). The smallest absolute Gasteiger partial charge is 0.129 e. The van der Waals surface area contributed by atoms with Crippen molar-refractivity contribution in [2.45, 2.75) is 25.9 Å². The third kappa shape index (κ3) is 3.14. The largest absolute Gasteiger partial charge is 0.371 e. The summed E-state index contributed by atoms with van der Waals surface area (Å²) in [6.07, 6.45) is 0.953. The maximum Gasteiger partial charge on any atom is 0.129 e. The first-order chi connectivity index (χ1) is 9.13. The lowest BCUT2D eigenvalue weighted by atomic mass is 10.1. The summed E-state index contributed by atoms with van der Waals surface area (Å²) in [7, 11) is 1.99. The van der Waals surface area contributed by atoms with E-state index in [1.807, 2.05) is 13.1 Å². The highest BCUT2D eigenvalue weighted by molar-refractivity contribution is 7.09. The summed E-state index contributed by atoms with van der Waals surface area (Å²) in [5.41, 5.74) is 7.13. The minimum Gasteiger partial charge on any atom is -0.371 e. The molecule has 2 N–H and O–H groups in total. The molecule has 0 aliphatic heterocycles. The van der Waals surface area contributed by atoms with E-state index in [1.165, 1.54) is 10.9 Å². The van der Waals surface area contributed by atoms with Crippen molar-refractivity contribution in [1.29, 1.82) is 0 Å². The van der Waals surface area contributed by atoms with Gasteiger partial charge in [0.25, 0.3) is 0 Å². The maximum atomic E-state index is 13.7. The van der Waals surface area contributed by atoms with Gasteiger partial charge in [-0.15, -0.1) is 11.3 Å². The van der Waals surface area contributed by atoms with E-state index >= 15 is 0 Å².